The molecule has 2 fully saturated rings. The second kappa shape index (κ2) is 4.54. The first-order valence-corrected chi connectivity index (χ1v) is 7.54. The molecule has 0 saturated carbocycles. The van der Waals surface area contributed by atoms with Crippen molar-refractivity contribution >= 4 is 34.7 Å². The Balaban J connectivity index is 2.05. The number of alkyl halides is 1. The SMILES string of the molecule is CC(C)(C)OC(=O)N1C[C@@H]2CC(=O)O[C@]2(CI)C1. The van der Waals surface area contributed by atoms with Crippen LogP contribution in [-0.4, -0.2) is 45.7 Å². The van der Waals surface area contributed by atoms with Crippen molar-refractivity contribution < 1.29 is 19.1 Å². The van der Waals surface area contributed by atoms with Crippen molar-refractivity contribution in [2.75, 3.05) is 17.5 Å². The molecule has 0 aliphatic carbocycles. The van der Waals surface area contributed by atoms with Crippen LogP contribution in [0.4, 0.5) is 4.79 Å². The van der Waals surface area contributed by atoms with E-state index in [1.54, 1.807) is 4.90 Å². The van der Waals surface area contributed by atoms with Gasteiger partial charge in [0.2, 0.25) is 0 Å². The van der Waals surface area contributed by atoms with E-state index in [9.17, 15) is 9.59 Å². The molecular weight excluding hydrogens is 349 g/mol. The fourth-order valence-electron chi connectivity index (χ4n) is 2.43. The van der Waals surface area contributed by atoms with Gasteiger partial charge in [-0.05, 0) is 20.8 Å². The van der Waals surface area contributed by atoms with Crippen LogP contribution in [0.25, 0.3) is 0 Å². The number of halogens is 1. The smallest absolute Gasteiger partial charge is 0.410 e. The Morgan fingerprint density at radius 3 is 2.78 bits per heavy atom. The minimum Gasteiger partial charge on any atom is -0.456 e. The predicted molar refractivity (Wildman–Crippen MR) is 73.6 cm³/mol. The van der Waals surface area contributed by atoms with Crippen LogP contribution < -0.4 is 0 Å². The van der Waals surface area contributed by atoms with Gasteiger partial charge in [0, 0.05) is 16.9 Å². The standard InChI is InChI=1S/C12H18INO4/c1-11(2,3)18-10(16)14-5-8-4-9(15)17-12(8,6-13)7-14/h8H,4-7H2,1-3H3/t8-,12+/m0/s1. The van der Waals surface area contributed by atoms with Crippen molar-refractivity contribution in [1.82, 2.24) is 4.90 Å². The molecule has 0 aromatic rings. The lowest BCUT2D eigenvalue weighted by molar-refractivity contribution is -0.146. The van der Waals surface area contributed by atoms with Crippen molar-refractivity contribution in [3.63, 3.8) is 0 Å². The van der Waals surface area contributed by atoms with E-state index in [2.05, 4.69) is 22.6 Å². The number of esters is 1. The van der Waals surface area contributed by atoms with Crippen molar-refractivity contribution in [2.45, 2.75) is 38.4 Å². The van der Waals surface area contributed by atoms with Gasteiger partial charge in [-0.1, -0.05) is 22.6 Å². The van der Waals surface area contributed by atoms with Crippen LogP contribution in [0.1, 0.15) is 27.2 Å². The van der Waals surface area contributed by atoms with E-state index in [0.717, 1.165) is 0 Å². The summed E-state index contributed by atoms with van der Waals surface area (Å²) >= 11 is 2.21. The molecular formula is C12H18INO4. The molecule has 0 spiro atoms. The number of amides is 1. The molecule has 0 aromatic carbocycles. The summed E-state index contributed by atoms with van der Waals surface area (Å²) < 4.78 is 11.5. The van der Waals surface area contributed by atoms with E-state index in [1.165, 1.54) is 0 Å². The molecule has 0 bridgehead atoms. The molecule has 0 radical (unpaired) electrons. The van der Waals surface area contributed by atoms with Crippen molar-refractivity contribution in [2.24, 2.45) is 5.92 Å². The van der Waals surface area contributed by atoms with Gasteiger partial charge < -0.3 is 14.4 Å². The van der Waals surface area contributed by atoms with Gasteiger partial charge in [0.05, 0.1) is 13.0 Å². The number of hydrogen-bond donors (Lipinski definition) is 0. The van der Waals surface area contributed by atoms with Crippen LogP contribution in [0.3, 0.4) is 0 Å². The largest absolute Gasteiger partial charge is 0.456 e. The molecule has 2 saturated heterocycles. The summed E-state index contributed by atoms with van der Waals surface area (Å²) in [6, 6.07) is 0. The maximum atomic E-state index is 12.0. The molecule has 6 heteroatoms. The Hall–Kier alpha value is -0.530. The van der Waals surface area contributed by atoms with Gasteiger partial charge in [-0.15, -0.1) is 0 Å². The first-order chi connectivity index (χ1) is 8.26. The second-order valence-electron chi connectivity index (χ2n) is 5.93. The summed E-state index contributed by atoms with van der Waals surface area (Å²) in [6.45, 7) is 6.52. The summed E-state index contributed by atoms with van der Waals surface area (Å²) in [5, 5.41) is 0. The Bertz CT molecular complexity index is 379. The molecule has 2 aliphatic heterocycles. The molecule has 0 N–H and O–H groups in total. The van der Waals surface area contributed by atoms with E-state index in [1.807, 2.05) is 20.8 Å². The van der Waals surface area contributed by atoms with Crippen molar-refractivity contribution in [3.8, 4) is 0 Å². The molecule has 0 aromatic heterocycles. The quantitative estimate of drug-likeness (QED) is 0.404. The maximum absolute atomic E-state index is 12.0. The zero-order valence-electron chi connectivity index (χ0n) is 10.9. The Kier molecular flexibility index (Phi) is 3.50. The molecule has 2 aliphatic rings. The average molecular weight is 367 g/mol. The van der Waals surface area contributed by atoms with E-state index < -0.39 is 11.2 Å². The lowest BCUT2D eigenvalue weighted by atomic mass is 9.93. The number of carbonyl (C=O) groups excluding carboxylic acids is 2. The van der Waals surface area contributed by atoms with Gasteiger partial charge in [-0.25, -0.2) is 4.79 Å². The van der Waals surface area contributed by atoms with Gasteiger partial charge in [-0.2, -0.15) is 0 Å². The lowest BCUT2D eigenvalue weighted by Crippen LogP contribution is -2.41. The van der Waals surface area contributed by atoms with Gasteiger partial charge in [-0.3, -0.25) is 4.79 Å². The summed E-state index contributed by atoms with van der Waals surface area (Å²) in [7, 11) is 0. The topological polar surface area (TPSA) is 55.8 Å². The molecule has 2 heterocycles. The molecule has 102 valence electrons. The van der Waals surface area contributed by atoms with E-state index in [-0.39, 0.29) is 18.0 Å². The first-order valence-electron chi connectivity index (χ1n) is 6.01. The summed E-state index contributed by atoms with van der Waals surface area (Å²) in [5.74, 6) is -0.0464. The zero-order chi connectivity index (χ0) is 13.6. The highest BCUT2D eigenvalue weighted by Gasteiger charge is 2.56. The Morgan fingerprint density at radius 1 is 1.61 bits per heavy atom. The minimum absolute atomic E-state index is 0.106. The number of carbonyl (C=O) groups is 2. The fourth-order valence-corrected chi connectivity index (χ4v) is 3.45. The molecule has 2 rings (SSSR count). The third kappa shape index (κ3) is 2.57. The summed E-state index contributed by atoms with van der Waals surface area (Å²) in [5.41, 5.74) is -0.989. The highest BCUT2D eigenvalue weighted by molar-refractivity contribution is 14.1. The fraction of sp³-hybridized carbons (Fsp3) is 0.833. The molecule has 2 atom stereocenters. The van der Waals surface area contributed by atoms with Gasteiger partial charge in [0.25, 0.3) is 0 Å². The van der Waals surface area contributed by atoms with Crippen molar-refractivity contribution in [1.29, 1.82) is 0 Å². The van der Waals surface area contributed by atoms with Crippen LogP contribution in [0, 0.1) is 5.92 Å². The normalized spacial score (nSPS) is 31.2. The highest BCUT2D eigenvalue weighted by atomic mass is 127. The Labute approximate surface area is 120 Å². The van der Waals surface area contributed by atoms with Crippen LogP contribution >= 0.6 is 22.6 Å². The van der Waals surface area contributed by atoms with Crippen LogP contribution in [0.15, 0.2) is 0 Å². The summed E-state index contributed by atoms with van der Waals surface area (Å²) in [4.78, 5) is 25.0. The van der Waals surface area contributed by atoms with Crippen LogP contribution in [-0.2, 0) is 14.3 Å². The van der Waals surface area contributed by atoms with E-state index >= 15 is 0 Å². The van der Waals surface area contributed by atoms with Gasteiger partial charge in [0.1, 0.15) is 11.2 Å². The Morgan fingerprint density at radius 2 is 2.28 bits per heavy atom. The van der Waals surface area contributed by atoms with Crippen molar-refractivity contribution in [3.05, 3.63) is 0 Å². The summed E-state index contributed by atoms with van der Waals surface area (Å²) in [6.07, 6.45) is 0.0830. The third-order valence-electron chi connectivity index (χ3n) is 3.25. The zero-order valence-corrected chi connectivity index (χ0v) is 13.0. The molecule has 18 heavy (non-hydrogen) atoms. The first kappa shape index (κ1) is 13.9. The molecule has 0 unspecified atom stereocenters. The number of ether oxygens (including phenoxy) is 2. The van der Waals surface area contributed by atoms with E-state index in [0.29, 0.717) is 23.9 Å². The van der Waals surface area contributed by atoms with Gasteiger partial charge >= 0.3 is 12.1 Å². The predicted octanol–water partition coefficient (Wildman–Crippen LogP) is 1.97. The maximum Gasteiger partial charge on any atom is 0.410 e. The molecule has 1 amide bonds. The second-order valence-corrected chi connectivity index (χ2v) is 6.70. The number of likely N-dealkylation sites (tertiary alicyclic amines) is 1. The minimum atomic E-state index is -0.497. The molecule has 5 nitrogen and oxygen atoms in total. The number of nitrogens with zero attached hydrogens (tertiary/aromatic N) is 1. The third-order valence-corrected chi connectivity index (χ3v) is 4.54. The number of hydrogen-bond acceptors (Lipinski definition) is 4. The monoisotopic (exact) mass is 367 g/mol. The highest BCUT2D eigenvalue weighted by Crippen LogP contribution is 2.41. The lowest BCUT2D eigenvalue weighted by Gasteiger charge is -2.27. The van der Waals surface area contributed by atoms with E-state index in [4.69, 9.17) is 9.47 Å². The average Bonchev–Trinajstić information content (AvgIpc) is 2.68. The van der Waals surface area contributed by atoms with Crippen LogP contribution in [0.2, 0.25) is 0 Å². The number of rotatable bonds is 1. The number of fused-ring (bicyclic) bond motifs is 1. The van der Waals surface area contributed by atoms with Gasteiger partial charge in [0.15, 0.2) is 0 Å². The van der Waals surface area contributed by atoms with Crippen LogP contribution in [0.5, 0.6) is 0 Å².